The minimum atomic E-state index is -0.664. The fraction of sp³-hybridized carbons (Fsp3) is 0.966. The van der Waals surface area contributed by atoms with Crippen LogP contribution < -0.4 is 5.32 Å². The smallest absolute Gasteiger partial charge is 0.305 e. The first-order valence-corrected chi connectivity index (χ1v) is 29.3. The zero-order valence-corrected chi connectivity index (χ0v) is 43.5. The van der Waals surface area contributed by atoms with Crippen LogP contribution in [0.2, 0.25) is 0 Å². The van der Waals surface area contributed by atoms with Crippen molar-refractivity contribution in [3.63, 3.8) is 0 Å². The molecule has 0 bridgehead atoms. The molecule has 0 heterocycles. The summed E-state index contributed by atoms with van der Waals surface area (Å²) in [5.41, 5.74) is 0. The molecule has 0 aromatic heterocycles. The number of amides is 1. The van der Waals surface area contributed by atoms with Gasteiger partial charge in [0, 0.05) is 12.8 Å². The zero-order valence-electron chi connectivity index (χ0n) is 43.5. The molecule has 0 aliphatic heterocycles. The monoisotopic (exact) mass is 906 g/mol. The van der Waals surface area contributed by atoms with Crippen molar-refractivity contribution in [3.05, 3.63) is 0 Å². The van der Waals surface area contributed by atoms with Gasteiger partial charge in [0.25, 0.3) is 0 Å². The summed E-state index contributed by atoms with van der Waals surface area (Å²) >= 11 is 0. The van der Waals surface area contributed by atoms with Crippen LogP contribution in [0, 0.1) is 0 Å². The number of carbonyl (C=O) groups excluding carboxylic acids is 2. The van der Waals surface area contributed by atoms with Gasteiger partial charge in [-0.1, -0.05) is 296 Å². The third-order valence-electron chi connectivity index (χ3n) is 13.9. The van der Waals surface area contributed by atoms with Crippen molar-refractivity contribution in [3.8, 4) is 0 Å². The Kier molecular flexibility index (Phi) is 53.5. The summed E-state index contributed by atoms with van der Waals surface area (Å²) in [6.07, 6.45) is 62.4. The minimum Gasteiger partial charge on any atom is -0.466 e. The fourth-order valence-corrected chi connectivity index (χ4v) is 9.41. The molecule has 0 aromatic carbocycles. The van der Waals surface area contributed by atoms with E-state index in [0.717, 1.165) is 38.5 Å². The maximum absolute atomic E-state index is 12.5. The molecule has 6 nitrogen and oxygen atoms in total. The van der Waals surface area contributed by atoms with Crippen LogP contribution in [0.4, 0.5) is 0 Å². The van der Waals surface area contributed by atoms with Crippen molar-refractivity contribution in [2.24, 2.45) is 0 Å². The van der Waals surface area contributed by atoms with E-state index in [-0.39, 0.29) is 18.5 Å². The number of aliphatic hydroxyl groups excluding tert-OH is 2. The second kappa shape index (κ2) is 54.5. The molecular weight excluding hydrogens is 791 g/mol. The lowest BCUT2D eigenvalue weighted by Gasteiger charge is -2.22. The second-order valence-electron chi connectivity index (χ2n) is 20.3. The van der Waals surface area contributed by atoms with Crippen molar-refractivity contribution in [2.75, 3.05) is 13.2 Å². The number of aliphatic hydroxyl groups is 2. The minimum absolute atomic E-state index is 0.0121. The highest BCUT2D eigenvalue weighted by atomic mass is 16.5. The van der Waals surface area contributed by atoms with Crippen LogP contribution in [-0.2, 0) is 14.3 Å². The molecular formula is C58H115NO5. The third kappa shape index (κ3) is 50.3. The quantitative estimate of drug-likeness (QED) is 0.0417. The molecule has 64 heavy (non-hydrogen) atoms. The Balaban J connectivity index is 3.38. The molecule has 0 radical (unpaired) electrons. The lowest BCUT2D eigenvalue weighted by Crippen LogP contribution is -2.45. The maximum atomic E-state index is 12.5. The van der Waals surface area contributed by atoms with Crippen LogP contribution in [-0.4, -0.2) is 47.4 Å². The van der Waals surface area contributed by atoms with Gasteiger partial charge in [-0.2, -0.15) is 0 Å². The number of unbranched alkanes of at least 4 members (excludes halogenated alkanes) is 44. The number of hydrogen-bond acceptors (Lipinski definition) is 5. The van der Waals surface area contributed by atoms with E-state index >= 15 is 0 Å². The van der Waals surface area contributed by atoms with E-state index in [2.05, 4.69) is 19.2 Å². The van der Waals surface area contributed by atoms with Gasteiger partial charge in [-0.15, -0.1) is 0 Å². The van der Waals surface area contributed by atoms with Gasteiger partial charge in [0.15, 0.2) is 0 Å². The van der Waals surface area contributed by atoms with Crippen LogP contribution in [0.15, 0.2) is 0 Å². The molecule has 2 unspecified atom stereocenters. The van der Waals surface area contributed by atoms with Gasteiger partial charge < -0.3 is 20.3 Å². The Morgan fingerprint density at radius 3 is 0.953 bits per heavy atom. The van der Waals surface area contributed by atoms with Crippen LogP contribution in [0.25, 0.3) is 0 Å². The first kappa shape index (κ1) is 62.9. The van der Waals surface area contributed by atoms with E-state index in [1.54, 1.807) is 0 Å². The van der Waals surface area contributed by atoms with Crippen molar-refractivity contribution < 1.29 is 24.5 Å². The lowest BCUT2D eigenvalue weighted by atomic mass is 10.0. The molecule has 6 heteroatoms. The molecule has 2 atom stereocenters. The average molecular weight is 907 g/mol. The van der Waals surface area contributed by atoms with Crippen molar-refractivity contribution in [1.82, 2.24) is 5.32 Å². The molecule has 382 valence electrons. The van der Waals surface area contributed by atoms with Gasteiger partial charge in [-0.25, -0.2) is 0 Å². The third-order valence-corrected chi connectivity index (χ3v) is 13.9. The lowest BCUT2D eigenvalue weighted by molar-refractivity contribution is -0.143. The number of carbonyl (C=O) groups is 2. The summed E-state index contributed by atoms with van der Waals surface area (Å²) in [5.74, 6) is -0.0219. The zero-order chi connectivity index (χ0) is 46.5. The Morgan fingerprint density at radius 1 is 0.375 bits per heavy atom. The normalized spacial score (nSPS) is 12.5. The van der Waals surface area contributed by atoms with Crippen molar-refractivity contribution in [2.45, 2.75) is 347 Å². The number of nitrogens with one attached hydrogen (secondary N) is 1. The summed E-state index contributed by atoms with van der Waals surface area (Å²) in [7, 11) is 0. The molecule has 0 spiro atoms. The van der Waals surface area contributed by atoms with E-state index in [9.17, 15) is 19.8 Å². The predicted octanol–water partition coefficient (Wildman–Crippen LogP) is 17.9. The van der Waals surface area contributed by atoms with E-state index in [1.807, 2.05) is 0 Å². The number of hydrogen-bond donors (Lipinski definition) is 3. The van der Waals surface area contributed by atoms with Gasteiger partial charge in [-0.3, -0.25) is 9.59 Å². The highest BCUT2D eigenvalue weighted by Crippen LogP contribution is 2.18. The fourth-order valence-electron chi connectivity index (χ4n) is 9.41. The van der Waals surface area contributed by atoms with Crippen molar-refractivity contribution >= 4 is 11.9 Å². The van der Waals surface area contributed by atoms with Crippen LogP contribution in [0.1, 0.15) is 335 Å². The van der Waals surface area contributed by atoms with Gasteiger partial charge in [0.1, 0.15) is 0 Å². The molecule has 0 fully saturated rings. The van der Waals surface area contributed by atoms with E-state index in [0.29, 0.717) is 25.9 Å². The number of esters is 1. The summed E-state index contributed by atoms with van der Waals surface area (Å²) in [5, 5.41) is 23.3. The largest absolute Gasteiger partial charge is 0.466 e. The van der Waals surface area contributed by atoms with Crippen molar-refractivity contribution in [1.29, 1.82) is 0 Å². The van der Waals surface area contributed by atoms with E-state index in [4.69, 9.17) is 4.74 Å². The first-order valence-electron chi connectivity index (χ1n) is 29.3. The van der Waals surface area contributed by atoms with Gasteiger partial charge in [0.05, 0.1) is 25.4 Å². The van der Waals surface area contributed by atoms with E-state index in [1.165, 1.54) is 263 Å². The second-order valence-corrected chi connectivity index (χ2v) is 20.3. The number of ether oxygens (including phenoxy) is 1. The molecule has 0 saturated carbocycles. The first-order chi connectivity index (χ1) is 31.5. The predicted molar refractivity (Wildman–Crippen MR) is 278 cm³/mol. The molecule has 1 amide bonds. The number of rotatable bonds is 55. The van der Waals surface area contributed by atoms with Gasteiger partial charge in [0.2, 0.25) is 5.91 Å². The summed E-state index contributed by atoms with van der Waals surface area (Å²) in [6.45, 7) is 4.97. The molecule has 3 N–H and O–H groups in total. The maximum Gasteiger partial charge on any atom is 0.305 e. The van der Waals surface area contributed by atoms with Crippen LogP contribution in [0.5, 0.6) is 0 Å². The Bertz CT molecular complexity index is 913. The topological polar surface area (TPSA) is 95.9 Å². The SMILES string of the molecule is CCCCCCCCCCCCCCCCCC(O)C(CO)NC(=O)CCCCCCCCCCCCCCCCCCCCCCOC(=O)CCCCCCCCCCCCCC. The summed E-state index contributed by atoms with van der Waals surface area (Å²) in [6, 6.07) is -0.541. The molecule has 0 aromatic rings. The molecule has 0 rings (SSSR count). The van der Waals surface area contributed by atoms with Gasteiger partial charge in [-0.05, 0) is 25.7 Å². The molecule has 0 aliphatic carbocycles. The summed E-state index contributed by atoms with van der Waals surface area (Å²) in [4.78, 5) is 24.5. The molecule has 0 saturated heterocycles. The van der Waals surface area contributed by atoms with Crippen LogP contribution in [0.3, 0.4) is 0 Å². The Morgan fingerprint density at radius 2 is 0.641 bits per heavy atom. The van der Waals surface area contributed by atoms with E-state index < -0.39 is 12.1 Å². The Labute approximate surface area is 400 Å². The Hall–Kier alpha value is -1.14. The summed E-state index contributed by atoms with van der Waals surface area (Å²) < 4.78 is 5.47. The highest BCUT2D eigenvalue weighted by Gasteiger charge is 2.20. The highest BCUT2D eigenvalue weighted by molar-refractivity contribution is 5.76. The molecule has 0 aliphatic rings. The van der Waals surface area contributed by atoms with Gasteiger partial charge >= 0.3 is 5.97 Å². The average Bonchev–Trinajstić information content (AvgIpc) is 3.29. The van der Waals surface area contributed by atoms with Crippen LogP contribution >= 0.6 is 0 Å². The standard InChI is InChI=1S/C58H115NO5/c1-3-5-7-9-11-13-15-17-24-27-30-34-38-42-46-50-56(61)55(54-60)59-57(62)51-47-43-39-35-31-28-25-22-20-18-19-21-23-26-29-33-37-41-45-49-53-64-58(63)52-48-44-40-36-32-16-14-12-10-8-6-4-2/h55-56,60-61H,3-54H2,1-2H3,(H,59,62).